The van der Waals surface area contributed by atoms with Crippen molar-refractivity contribution in [3.8, 4) is 11.3 Å². The highest BCUT2D eigenvalue weighted by atomic mass is 32.1. The first-order valence-corrected chi connectivity index (χ1v) is 10.4. The van der Waals surface area contributed by atoms with Crippen LogP contribution in [0.15, 0.2) is 36.4 Å². The van der Waals surface area contributed by atoms with E-state index in [2.05, 4.69) is 48.4 Å². The molecule has 1 amide bonds. The summed E-state index contributed by atoms with van der Waals surface area (Å²) in [6.07, 6.45) is 5.58. The third-order valence-corrected chi connectivity index (χ3v) is 5.87. The number of nitrogens with zero attached hydrogens (tertiary/aromatic N) is 1. The maximum absolute atomic E-state index is 12.6. The molecule has 0 saturated carbocycles. The van der Waals surface area contributed by atoms with Gasteiger partial charge in [-0.05, 0) is 37.7 Å². The van der Waals surface area contributed by atoms with Crippen LogP contribution in [0.5, 0.6) is 0 Å². The predicted molar refractivity (Wildman–Crippen MR) is 112 cm³/mol. The third-order valence-electron chi connectivity index (χ3n) is 4.98. The number of aliphatic carboxylic acids is 1. The van der Waals surface area contributed by atoms with Gasteiger partial charge in [-0.1, -0.05) is 50.3 Å². The van der Waals surface area contributed by atoms with Crippen LogP contribution in [0.4, 0.5) is 5.13 Å². The second-order valence-corrected chi connectivity index (χ2v) is 8.91. The predicted octanol–water partition coefficient (Wildman–Crippen LogP) is 4.92. The van der Waals surface area contributed by atoms with Gasteiger partial charge in [-0.3, -0.25) is 9.59 Å². The molecule has 1 aromatic carbocycles. The summed E-state index contributed by atoms with van der Waals surface area (Å²) < 4.78 is 0. The van der Waals surface area contributed by atoms with Crippen LogP contribution in [-0.4, -0.2) is 22.0 Å². The molecule has 148 valence electrons. The van der Waals surface area contributed by atoms with Gasteiger partial charge in [0, 0.05) is 10.4 Å². The van der Waals surface area contributed by atoms with Crippen LogP contribution < -0.4 is 5.32 Å². The number of carbonyl (C=O) groups excluding carboxylic acids is 1. The van der Waals surface area contributed by atoms with Crippen molar-refractivity contribution in [2.45, 2.75) is 40.0 Å². The zero-order valence-corrected chi connectivity index (χ0v) is 17.3. The molecule has 0 unspecified atom stereocenters. The van der Waals surface area contributed by atoms with Gasteiger partial charge in [0.05, 0.1) is 17.5 Å². The van der Waals surface area contributed by atoms with E-state index >= 15 is 0 Å². The van der Waals surface area contributed by atoms with Crippen molar-refractivity contribution in [1.29, 1.82) is 0 Å². The maximum Gasteiger partial charge on any atom is 0.307 e. The van der Waals surface area contributed by atoms with Gasteiger partial charge in [0.1, 0.15) is 0 Å². The Morgan fingerprint density at radius 3 is 2.43 bits per heavy atom. The summed E-state index contributed by atoms with van der Waals surface area (Å²) in [6, 6.07) is 8.38. The molecule has 0 radical (unpaired) electrons. The lowest BCUT2D eigenvalue weighted by atomic mass is 9.82. The number of aromatic nitrogens is 1. The summed E-state index contributed by atoms with van der Waals surface area (Å²) in [7, 11) is 0. The lowest BCUT2D eigenvalue weighted by molar-refractivity contribution is -0.146. The number of aryl methyl sites for hydroxylation is 1. The molecule has 6 heteroatoms. The summed E-state index contributed by atoms with van der Waals surface area (Å²) in [5.41, 5.74) is 3.17. The van der Waals surface area contributed by atoms with Crippen molar-refractivity contribution < 1.29 is 14.7 Å². The molecule has 1 aliphatic rings. The van der Waals surface area contributed by atoms with E-state index in [1.54, 1.807) is 0 Å². The number of allylic oxidation sites excluding steroid dienone is 2. The minimum Gasteiger partial charge on any atom is -0.481 e. The number of carbonyl (C=O) groups is 2. The van der Waals surface area contributed by atoms with Crippen molar-refractivity contribution in [2.75, 3.05) is 5.32 Å². The number of hydrogen-bond donors (Lipinski definition) is 2. The monoisotopic (exact) mass is 398 g/mol. The van der Waals surface area contributed by atoms with Gasteiger partial charge < -0.3 is 10.4 Å². The molecule has 0 bridgehead atoms. The quantitative estimate of drug-likeness (QED) is 0.677. The van der Waals surface area contributed by atoms with E-state index in [0.717, 1.165) is 22.6 Å². The Labute approximate surface area is 169 Å². The minimum atomic E-state index is -0.929. The van der Waals surface area contributed by atoms with Crippen LogP contribution in [0, 0.1) is 24.7 Å². The van der Waals surface area contributed by atoms with Crippen molar-refractivity contribution in [2.24, 2.45) is 17.8 Å². The molecule has 0 fully saturated rings. The van der Waals surface area contributed by atoms with Crippen LogP contribution in [0.2, 0.25) is 0 Å². The number of rotatable bonds is 6. The average Bonchev–Trinajstić information content (AvgIpc) is 3.02. The normalized spacial score (nSPS) is 19.0. The Hall–Kier alpha value is -2.47. The number of carboxylic acids is 1. The van der Waals surface area contributed by atoms with E-state index < -0.39 is 17.8 Å². The first-order chi connectivity index (χ1) is 13.3. The molecule has 0 saturated heterocycles. The van der Waals surface area contributed by atoms with Gasteiger partial charge in [0.25, 0.3) is 0 Å². The Kier molecular flexibility index (Phi) is 6.29. The van der Waals surface area contributed by atoms with Crippen LogP contribution in [-0.2, 0) is 16.0 Å². The van der Waals surface area contributed by atoms with Crippen molar-refractivity contribution in [3.05, 3.63) is 46.9 Å². The SMILES string of the molecule is Cc1sc(NC(=O)[C@@H]2CC=CC[C@@H]2C(=O)O)nc1-c1ccc(CC(C)C)cc1. The van der Waals surface area contributed by atoms with Crippen molar-refractivity contribution in [1.82, 2.24) is 4.98 Å². The average molecular weight is 399 g/mol. The Bertz CT molecular complexity index is 884. The number of thiazole rings is 1. The summed E-state index contributed by atoms with van der Waals surface area (Å²) >= 11 is 1.42. The molecular weight excluding hydrogens is 372 g/mol. The standard InChI is InChI=1S/C22H26N2O3S/c1-13(2)12-15-8-10-16(11-9-15)19-14(3)28-22(23-19)24-20(25)17-6-4-5-7-18(17)21(26)27/h4-5,8-11,13,17-18H,6-7,12H2,1-3H3,(H,26,27)(H,23,24,25)/t17-,18+/m1/s1. The topological polar surface area (TPSA) is 79.3 Å². The molecule has 5 nitrogen and oxygen atoms in total. The van der Waals surface area contributed by atoms with Gasteiger partial charge in [-0.15, -0.1) is 11.3 Å². The highest BCUT2D eigenvalue weighted by Gasteiger charge is 2.34. The molecule has 28 heavy (non-hydrogen) atoms. The van der Waals surface area contributed by atoms with Gasteiger partial charge in [0.2, 0.25) is 5.91 Å². The Balaban J connectivity index is 1.74. The third kappa shape index (κ3) is 4.68. The molecule has 2 aromatic rings. The van der Waals surface area contributed by atoms with Crippen molar-refractivity contribution >= 4 is 28.3 Å². The van der Waals surface area contributed by atoms with E-state index in [4.69, 9.17) is 0 Å². The summed E-state index contributed by atoms with van der Waals surface area (Å²) in [6.45, 7) is 6.38. The zero-order valence-electron chi connectivity index (χ0n) is 16.4. The fourth-order valence-corrected chi connectivity index (χ4v) is 4.40. The molecule has 0 aliphatic heterocycles. The molecule has 3 rings (SSSR count). The van der Waals surface area contributed by atoms with E-state index in [9.17, 15) is 14.7 Å². The number of amides is 1. The minimum absolute atomic E-state index is 0.274. The van der Waals surface area contributed by atoms with E-state index in [0.29, 0.717) is 23.9 Å². The molecular formula is C22H26N2O3S. The smallest absolute Gasteiger partial charge is 0.307 e. The van der Waals surface area contributed by atoms with Crippen LogP contribution in [0.1, 0.15) is 37.1 Å². The molecule has 0 spiro atoms. The van der Waals surface area contributed by atoms with Crippen LogP contribution in [0.25, 0.3) is 11.3 Å². The van der Waals surface area contributed by atoms with Crippen LogP contribution in [0.3, 0.4) is 0 Å². The van der Waals surface area contributed by atoms with E-state index in [1.165, 1.54) is 16.9 Å². The van der Waals surface area contributed by atoms with Gasteiger partial charge in [0.15, 0.2) is 5.13 Å². The molecule has 2 N–H and O–H groups in total. The highest BCUT2D eigenvalue weighted by Crippen LogP contribution is 2.32. The van der Waals surface area contributed by atoms with Crippen LogP contribution >= 0.6 is 11.3 Å². The zero-order chi connectivity index (χ0) is 20.3. The molecule has 1 aliphatic carbocycles. The number of hydrogen-bond acceptors (Lipinski definition) is 4. The van der Waals surface area contributed by atoms with Gasteiger partial charge in [-0.2, -0.15) is 0 Å². The molecule has 1 aromatic heterocycles. The summed E-state index contributed by atoms with van der Waals surface area (Å²) in [4.78, 5) is 29.7. The molecule has 2 atom stereocenters. The Morgan fingerprint density at radius 1 is 1.18 bits per heavy atom. The lowest BCUT2D eigenvalue weighted by Gasteiger charge is -2.23. The summed E-state index contributed by atoms with van der Waals surface area (Å²) in [5.74, 6) is -1.84. The van der Waals surface area contributed by atoms with Gasteiger partial charge >= 0.3 is 5.97 Å². The number of carboxylic acid groups (broad SMARTS) is 1. The lowest BCUT2D eigenvalue weighted by Crippen LogP contribution is -2.34. The largest absolute Gasteiger partial charge is 0.481 e. The second kappa shape index (κ2) is 8.69. The molecule has 1 heterocycles. The maximum atomic E-state index is 12.6. The van der Waals surface area contributed by atoms with E-state index in [-0.39, 0.29) is 5.91 Å². The summed E-state index contributed by atoms with van der Waals surface area (Å²) in [5, 5.41) is 12.7. The second-order valence-electron chi connectivity index (χ2n) is 7.70. The highest BCUT2D eigenvalue weighted by molar-refractivity contribution is 7.16. The number of benzene rings is 1. The number of nitrogens with one attached hydrogen (secondary N) is 1. The number of anilines is 1. The van der Waals surface area contributed by atoms with Gasteiger partial charge in [-0.25, -0.2) is 4.98 Å². The fraction of sp³-hybridized carbons (Fsp3) is 0.409. The first-order valence-electron chi connectivity index (χ1n) is 9.60. The Morgan fingerprint density at radius 2 is 1.82 bits per heavy atom. The first kappa shape index (κ1) is 20.3. The van der Waals surface area contributed by atoms with E-state index in [1.807, 2.05) is 19.1 Å². The fourth-order valence-electron chi connectivity index (χ4n) is 3.56. The van der Waals surface area contributed by atoms with Crippen molar-refractivity contribution in [3.63, 3.8) is 0 Å².